The van der Waals surface area contributed by atoms with Crippen LogP contribution in [0.2, 0.25) is 0 Å². The van der Waals surface area contributed by atoms with Gasteiger partial charge in [0.1, 0.15) is 18.2 Å². The van der Waals surface area contributed by atoms with Gasteiger partial charge in [0, 0.05) is 12.1 Å². The largest absolute Gasteiger partial charge is 0.445 e. The molecular formula is C18H18F2N4O4. The quantitative estimate of drug-likeness (QED) is 0.836. The Balaban J connectivity index is 1.47. The molecule has 28 heavy (non-hydrogen) atoms. The number of benzene rings is 1. The van der Waals surface area contributed by atoms with Crippen molar-refractivity contribution in [3.05, 3.63) is 41.2 Å². The third-order valence-electron chi connectivity index (χ3n) is 4.50. The Morgan fingerprint density at radius 2 is 2.14 bits per heavy atom. The molecule has 0 spiro atoms. The van der Waals surface area contributed by atoms with E-state index < -0.39 is 23.8 Å². The fourth-order valence-electron chi connectivity index (χ4n) is 3.19. The molecule has 3 heterocycles. The van der Waals surface area contributed by atoms with Crippen molar-refractivity contribution in [1.82, 2.24) is 15.5 Å². The van der Waals surface area contributed by atoms with Crippen LogP contribution < -0.4 is 15.0 Å². The van der Waals surface area contributed by atoms with Crippen LogP contribution in [0.3, 0.4) is 0 Å². The Labute approximate surface area is 159 Å². The van der Waals surface area contributed by atoms with Crippen LogP contribution in [0.1, 0.15) is 17.8 Å². The number of nitrogens with one attached hydrogen (secondary N) is 1. The molecule has 0 bridgehead atoms. The Kier molecular flexibility index (Phi) is 4.95. The maximum Gasteiger partial charge on any atom is 0.417 e. The van der Waals surface area contributed by atoms with Crippen molar-refractivity contribution in [2.75, 3.05) is 31.1 Å². The lowest BCUT2D eigenvalue weighted by Crippen LogP contribution is -2.27. The number of cyclic esters (lactones) is 1. The number of ether oxygens (including phenoxy) is 2. The monoisotopic (exact) mass is 392 g/mol. The maximum atomic E-state index is 14.6. The molecule has 2 aromatic rings. The Morgan fingerprint density at radius 1 is 1.36 bits per heavy atom. The van der Waals surface area contributed by atoms with Gasteiger partial charge in [0.2, 0.25) is 0 Å². The average molecular weight is 392 g/mol. The minimum absolute atomic E-state index is 0.0210. The van der Waals surface area contributed by atoms with E-state index in [1.54, 1.807) is 13.0 Å². The highest BCUT2D eigenvalue weighted by atomic mass is 19.1. The fourth-order valence-corrected chi connectivity index (χ4v) is 3.19. The highest BCUT2D eigenvalue weighted by molar-refractivity contribution is 5.90. The third kappa shape index (κ3) is 3.68. The molecular weight excluding hydrogens is 374 g/mol. The predicted octanol–water partition coefficient (Wildman–Crippen LogP) is 2.44. The summed E-state index contributed by atoms with van der Waals surface area (Å²) in [6.45, 7) is 2.92. The minimum atomic E-state index is -0.711. The number of aromatic nitrogens is 2. The Bertz CT molecular complexity index is 907. The van der Waals surface area contributed by atoms with E-state index in [4.69, 9.17) is 14.0 Å². The highest BCUT2D eigenvalue weighted by Gasteiger charge is 2.34. The van der Waals surface area contributed by atoms with Crippen LogP contribution >= 0.6 is 0 Å². The summed E-state index contributed by atoms with van der Waals surface area (Å²) in [4.78, 5) is 17.2. The number of nitrogens with zero attached hydrogens (tertiary/aromatic N) is 3. The summed E-state index contributed by atoms with van der Waals surface area (Å²) in [6.07, 6.45) is 0.916. The molecule has 10 heteroatoms. The summed E-state index contributed by atoms with van der Waals surface area (Å²) in [5.74, 6) is -1.01. The standard InChI is InChI=1S/C18H18F2N4O4/c1-10-22-17(28-23-10)26-9-13-8-24(18(25)27-13)12-6-14(19)16(15(20)7-12)11-2-4-21-5-3-11/h2,6-7,13,21H,3-5,8-9H2,1H3/t13-/m1/s1. The number of amides is 1. The van der Waals surface area contributed by atoms with E-state index in [-0.39, 0.29) is 30.5 Å². The smallest absolute Gasteiger partial charge is 0.417 e. The summed E-state index contributed by atoms with van der Waals surface area (Å²) < 4.78 is 44.5. The fraction of sp³-hybridized carbons (Fsp3) is 0.389. The first kappa shape index (κ1) is 18.4. The summed E-state index contributed by atoms with van der Waals surface area (Å²) >= 11 is 0. The molecule has 2 aliphatic rings. The Hall–Kier alpha value is -3.01. The van der Waals surface area contributed by atoms with Gasteiger partial charge in [-0.2, -0.15) is 4.98 Å². The van der Waals surface area contributed by atoms with Crippen molar-refractivity contribution in [2.45, 2.75) is 19.4 Å². The van der Waals surface area contributed by atoms with Crippen LogP contribution in [0, 0.1) is 18.6 Å². The van der Waals surface area contributed by atoms with Crippen LogP contribution in [-0.4, -0.2) is 48.6 Å². The molecule has 1 N–H and O–H groups in total. The van der Waals surface area contributed by atoms with E-state index in [0.717, 1.165) is 12.1 Å². The zero-order valence-corrected chi connectivity index (χ0v) is 15.1. The second-order valence-electron chi connectivity index (χ2n) is 6.50. The molecule has 8 nitrogen and oxygen atoms in total. The first-order chi connectivity index (χ1) is 13.5. The van der Waals surface area contributed by atoms with Crippen molar-refractivity contribution in [2.24, 2.45) is 0 Å². The van der Waals surface area contributed by atoms with E-state index in [1.807, 2.05) is 0 Å². The third-order valence-corrected chi connectivity index (χ3v) is 4.50. The van der Waals surface area contributed by atoms with Crippen molar-refractivity contribution in [3.63, 3.8) is 0 Å². The molecule has 1 atom stereocenters. The zero-order chi connectivity index (χ0) is 19.7. The number of hydrogen-bond acceptors (Lipinski definition) is 7. The molecule has 1 amide bonds. The molecule has 4 rings (SSSR count). The summed E-state index contributed by atoms with van der Waals surface area (Å²) in [5, 5.41) is 6.68. The number of anilines is 1. The van der Waals surface area contributed by atoms with Gasteiger partial charge in [-0.3, -0.25) is 9.42 Å². The summed E-state index contributed by atoms with van der Waals surface area (Å²) in [7, 11) is 0. The zero-order valence-electron chi connectivity index (χ0n) is 15.1. The van der Waals surface area contributed by atoms with E-state index in [0.29, 0.717) is 30.9 Å². The Morgan fingerprint density at radius 3 is 2.79 bits per heavy atom. The minimum Gasteiger partial charge on any atom is -0.445 e. The summed E-state index contributed by atoms with van der Waals surface area (Å²) in [5.41, 5.74) is 0.657. The van der Waals surface area contributed by atoms with Crippen LogP contribution in [0.25, 0.3) is 5.57 Å². The van der Waals surface area contributed by atoms with E-state index >= 15 is 0 Å². The molecule has 0 saturated carbocycles. The van der Waals surface area contributed by atoms with Gasteiger partial charge in [0.15, 0.2) is 11.9 Å². The lowest BCUT2D eigenvalue weighted by molar-refractivity contribution is 0.0874. The van der Waals surface area contributed by atoms with Crippen molar-refractivity contribution in [1.29, 1.82) is 0 Å². The lowest BCUT2D eigenvalue weighted by atomic mass is 9.98. The predicted molar refractivity (Wildman–Crippen MR) is 94.0 cm³/mol. The van der Waals surface area contributed by atoms with E-state index in [1.165, 1.54) is 4.90 Å². The average Bonchev–Trinajstić information content (AvgIpc) is 3.25. The molecule has 0 radical (unpaired) electrons. The van der Waals surface area contributed by atoms with Gasteiger partial charge < -0.3 is 14.8 Å². The molecule has 1 fully saturated rings. The molecule has 1 saturated heterocycles. The summed E-state index contributed by atoms with van der Waals surface area (Å²) in [6, 6.07) is 2.29. The number of aryl methyl sites for hydroxylation is 1. The molecule has 0 aliphatic carbocycles. The van der Waals surface area contributed by atoms with Crippen molar-refractivity contribution in [3.8, 4) is 6.08 Å². The van der Waals surface area contributed by atoms with Gasteiger partial charge in [-0.1, -0.05) is 11.2 Å². The molecule has 1 aromatic carbocycles. The first-order valence-corrected chi connectivity index (χ1v) is 8.81. The second kappa shape index (κ2) is 7.55. The molecule has 2 aliphatic heterocycles. The number of carbonyl (C=O) groups is 1. The van der Waals surface area contributed by atoms with Gasteiger partial charge >= 0.3 is 12.2 Å². The van der Waals surface area contributed by atoms with Crippen molar-refractivity contribution >= 4 is 17.4 Å². The van der Waals surface area contributed by atoms with Crippen LogP contribution in [0.4, 0.5) is 19.3 Å². The SMILES string of the molecule is Cc1noc(OC[C@H]2CN(c3cc(F)c(C4=CCNCC4)c(F)c3)C(=O)O2)n1. The van der Waals surface area contributed by atoms with Gasteiger partial charge in [-0.15, -0.1) is 0 Å². The van der Waals surface area contributed by atoms with Crippen molar-refractivity contribution < 1.29 is 27.6 Å². The second-order valence-corrected chi connectivity index (χ2v) is 6.50. The van der Waals surface area contributed by atoms with Gasteiger partial charge in [-0.05, 0) is 37.6 Å². The van der Waals surface area contributed by atoms with Crippen LogP contribution in [0.5, 0.6) is 6.08 Å². The number of rotatable bonds is 5. The molecule has 148 valence electrons. The number of carbonyl (C=O) groups excluding carboxylic acids is 1. The van der Waals surface area contributed by atoms with Crippen LogP contribution in [-0.2, 0) is 4.74 Å². The molecule has 0 unspecified atom stereocenters. The van der Waals surface area contributed by atoms with Gasteiger partial charge in [-0.25, -0.2) is 13.6 Å². The van der Waals surface area contributed by atoms with Gasteiger partial charge in [0.25, 0.3) is 0 Å². The highest BCUT2D eigenvalue weighted by Crippen LogP contribution is 2.31. The van der Waals surface area contributed by atoms with Gasteiger partial charge in [0.05, 0.1) is 12.2 Å². The van der Waals surface area contributed by atoms with E-state index in [2.05, 4.69) is 15.5 Å². The van der Waals surface area contributed by atoms with Crippen LogP contribution in [0.15, 0.2) is 22.7 Å². The topological polar surface area (TPSA) is 89.7 Å². The maximum absolute atomic E-state index is 14.6. The lowest BCUT2D eigenvalue weighted by Gasteiger charge is -2.18. The number of halogens is 2. The molecule has 1 aromatic heterocycles. The van der Waals surface area contributed by atoms with E-state index in [9.17, 15) is 13.6 Å². The normalized spacial score (nSPS) is 19.5. The number of hydrogen-bond donors (Lipinski definition) is 1. The first-order valence-electron chi connectivity index (χ1n) is 8.81.